The van der Waals surface area contributed by atoms with Gasteiger partial charge in [-0.25, -0.2) is 4.98 Å². The first-order valence-corrected chi connectivity index (χ1v) is 7.40. The quantitative estimate of drug-likeness (QED) is 0.314. The van der Waals surface area contributed by atoms with Crippen molar-refractivity contribution in [3.05, 3.63) is 68.4 Å². The molecule has 1 aromatic carbocycles. The summed E-state index contributed by atoms with van der Waals surface area (Å²) in [5.74, 6) is -0.267. The van der Waals surface area contributed by atoms with Gasteiger partial charge in [0.25, 0.3) is 5.69 Å². The average molecular weight is 334 g/mol. The lowest BCUT2D eigenvalue weighted by Gasteiger charge is -1.96. The number of imidazole rings is 1. The van der Waals surface area contributed by atoms with Gasteiger partial charge in [-0.15, -0.1) is 11.3 Å². The first-order chi connectivity index (χ1) is 10.6. The largest absolute Gasteiger partial charge is 0.289 e. The Morgan fingerprint density at radius 1 is 1.36 bits per heavy atom. The normalized spacial score (nSPS) is 11.3. The Kier molecular flexibility index (Phi) is 3.74. The molecule has 2 heterocycles. The number of halogens is 1. The van der Waals surface area contributed by atoms with Gasteiger partial charge in [-0.2, -0.15) is 0 Å². The van der Waals surface area contributed by atoms with E-state index < -0.39 is 4.92 Å². The van der Waals surface area contributed by atoms with Crippen LogP contribution in [-0.2, 0) is 0 Å². The minimum Gasteiger partial charge on any atom is -0.289 e. The minimum absolute atomic E-state index is 0.0562. The smallest absolute Gasteiger partial charge is 0.269 e. The number of thiazole rings is 1. The monoisotopic (exact) mass is 333 g/mol. The maximum absolute atomic E-state index is 12.1. The molecule has 0 spiro atoms. The van der Waals surface area contributed by atoms with E-state index in [-0.39, 0.29) is 11.5 Å². The van der Waals surface area contributed by atoms with Crippen LogP contribution in [0, 0.1) is 10.1 Å². The predicted molar refractivity (Wildman–Crippen MR) is 84.5 cm³/mol. The van der Waals surface area contributed by atoms with Crippen LogP contribution >= 0.6 is 22.9 Å². The molecule has 0 fully saturated rings. The molecular weight excluding hydrogens is 326 g/mol. The Bertz CT molecular complexity index is 896. The third-order valence-electron chi connectivity index (χ3n) is 3.01. The summed E-state index contributed by atoms with van der Waals surface area (Å²) in [7, 11) is 0. The third-order valence-corrected chi connectivity index (χ3v) is 4.04. The maximum atomic E-state index is 12.1. The van der Waals surface area contributed by atoms with Gasteiger partial charge >= 0.3 is 0 Å². The van der Waals surface area contributed by atoms with Crippen LogP contribution in [0.3, 0.4) is 0 Å². The number of fused-ring (bicyclic) bond motifs is 1. The van der Waals surface area contributed by atoms with Crippen LogP contribution in [0.5, 0.6) is 0 Å². The summed E-state index contributed by atoms with van der Waals surface area (Å²) in [4.78, 5) is 27.1. The van der Waals surface area contributed by atoms with Gasteiger partial charge in [-0.05, 0) is 24.3 Å². The van der Waals surface area contributed by atoms with E-state index in [9.17, 15) is 14.9 Å². The van der Waals surface area contributed by atoms with E-state index in [1.807, 2.05) is 11.6 Å². The Labute approximate surface area is 133 Å². The van der Waals surface area contributed by atoms with Crippen LogP contribution in [0.4, 0.5) is 5.69 Å². The van der Waals surface area contributed by atoms with Crippen molar-refractivity contribution in [2.75, 3.05) is 0 Å². The van der Waals surface area contributed by atoms with Crippen molar-refractivity contribution in [2.45, 2.75) is 0 Å². The molecule has 6 nitrogen and oxygen atoms in total. The van der Waals surface area contributed by atoms with Gasteiger partial charge in [0.15, 0.2) is 15.9 Å². The number of non-ortho nitro benzene ring substituents is 1. The number of carbonyl (C=O) groups is 1. The fourth-order valence-electron chi connectivity index (χ4n) is 1.92. The van der Waals surface area contributed by atoms with E-state index in [0.29, 0.717) is 16.4 Å². The number of allylic oxidation sites excluding steroid dienone is 1. The van der Waals surface area contributed by atoms with Crippen LogP contribution in [0.25, 0.3) is 11.0 Å². The standard InChI is InChI=1S/C14H8ClN3O3S/c15-13-11(17-7-8-22-14(17)16-13)5-6-12(19)9-1-3-10(4-2-9)18(20)21/h1-8H/b6-5+. The molecule has 0 unspecified atom stereocenters. The fourth-order valence-corrected chi connectivity index (χ4v) is 2.93. The lowest BCUT2D eigenvalue weighted by molar-refractivity contribution is -0.384. The average Bonchev–Trinajstić information content (AvgIpc) is 3.06. The summed E-state index contributed by atoms with van der Waals surface area (Å²) in [6.07, 6.45) is 4.77. The SMILES string of the molecule is O=C(/C=C/c1c(Cl)nc2sccn12)c1ccc([N+](=O)[O-])cc1. The van der Waals surface area contributed by atoms with E-state index in [0.717, 1.165) is 4.96 Å². The van der Waals surface area contributed by atoms with Gasteiger partial charge in [0, 0.05) is 29.3 Å². The molecule has 0 atom stereocenters. The van der Waals surface area contributed by atoms with E-state index in [1.165, 1.54) is 41.7 Å². The Morgan fingerprint density at radius 2 is 2.09 bits per heavy atom. The molecule has 0 aliphatic carbocycles. The van der Waals surface area contributed by atoms with Crippen LogP contribution in [0.1, 0.15) is 16.1 Å². The van der Waals surface area contributed by atoms with Crippen molar-refractivity contribution in [3.63, 3.8) is 0 Å². The number of benzene rings is 1. The molecule has 0 aliphatic rings. The zero-order chi connectivity index (χ0) is 15.7. The van der Waals surface area contributed by atoms with Crippen molar-refractivity contribution in [3.8, 4) is 0 Å². The first kappa shape index (κ1) is 14.4. The maximum Gasteiger partial charge on any atom is 0.269 e. The Balaban J connectivity index is 1.85. The molecule has 0 saturated heterocycles. The zero-order valence-electron chi connectivity index (χ0n) is 11.0. The van der Waals surface area contributed by atoms with Crippen molar-refractivity contribution < 1.29 is 9.72 Å². The fraction of sp³-hybridized carbons (Fsp3) is 0. The summed E-state index contributed by atoms with van der Waals surface area (Å²) in [6, 6.07) is 5.43. The summed E-state index contributed by atoms with van der Waals surface area (Å²) in [6.45, 7) is 0. The second-order valence-corrected chi connectivity index (χ2v) is 5.58. The van der Waals surface area contributed by atoms with Crippen molar-refractivity contribution in [1.82, 2.24) is 9.38 Å². The molecule has 8 heteroatoms. The van der Waals surface area contributed by atoms with Gasteiger partial charge in [0.1, 0.15) is 0 Å². The number of nitrogens with zero attached hydrogens (tertiary/aromatic N) is 3. The highest BCUT2D eigenvalue weighted by Gasteiger charge is 2.10. The third kappa shape index (κ3) is 2.63. The second-order valence-electron chi connectivity index (χ2n) is 4.35. The molecule has 3 aromatic rings. The van der Waals surface area contributed by atoms with E-state index in [2.05, 4.69) is 4.98 Å². The summed E-state index contributed by atoms with van der Waals surface area (Å²) >= 11 is 7.47. The lowest BCUT2D eigenvalue weighted by atomic mass is 10.1. The summed E-state index contributed by atoms with van der Waals surface area (Å²) in [5, 5.41) is 12.8. The highest BCUT2D eigenvalue weighted by atomic mass is 35.5. The number of hydrogen-bond acceptors (Lipinski definition) is 5. The minimum atomic E-state index is -0.510. The number of ketones is 1. The number of carbonyl (C=O) groups excluding carboxylic acids is 1. The molecule has 0 radical (unpaired) electrons. The molecule has 3 rings (SSSR count). The topological polar surface area (TPSA) is 77.5 Å². The van der Waals surface area contributed by atoms with Gasteiger partial charge in [-0.1, -0.05) is 11.6 Å². The molecule has 22 heavy (non-hydrogen) atoms. The van der Waals surface area contributed by atoms with Crippen molar-refractivity contribution >= 4 is 45.4 Å². The number of aromatic nitrogens is 2. The molecule has 0 N–H and O–H groups in total. The highest BCUT2D eigenvalue weighted by molar-refractivity contribution is 7.15. The molecular formula is C14H8ClN3O3S. The number of nitro benzene ring substituents is 1. The van der Waals surface area contributed by atoms with Crippen molar-refractivity contribution in [1.29, 1.82) is 0 Å². The molecule has 0 aliphatic heterocycles. The van der Waals surface area contributed by atoms with Crippen LogP contribution in [0.2, 0.25) is 5.15 Å². The van der Waals surface area contributed by atoms with Crippen LogP contribution < -0.4 is 0 Å². The second kappa shape index (κ2) is 5.70. The molecule has 2 aromatic heterocycles. The predicted octanol–water partition coefficient (Wildman–Crippen LogP) is 3.85. The molecule has 0 amide bonds. The summed E-state index contributed by atoms with van der Waals surface area (Å²) in [5.41, 5.74) is 0.927. The van der Waals surface area contributed by atoms with Crippen LogP contribution in [0.15, 0.2) is 41.9 Å². The van der Waals surface area contributed by atoms with E-state index in [4.69, 9.17) is 11.6 Å². The van der Waals surface area contributed by atoms with Crippen molar-refractivity contribution in [2.24, 2.45) is 0 Å². The Morgan fingerprint density at radius 3 is 2.77 bits per heavy atom. The Hall–Kier alpha value is -2.51. The van der Waals surface area contributed by atoms with Gasteiger partial charge in [0.2, 0.25) is 0 Å². The number of rotatable bonds is 4. The first-order valence-electron chi connectivity index (χ1n) is 6.14. The van der Waals surface area contributed by atoms with Crippen LogP contribution in [-0.4, -0.2) is 20.1 Å². The van der Waals surface area contributed by atoms with Gasteiger partial charge < -0.3 is 0 Å². The number of nitro groups is 1. The van der Waals surface area contributed by atoms with E-state index >= 15 is 0 Å². The van der Waals surface area contributed by atoms with E-state index in [1.54, 1.807) is 10.5 Å². The number of hydrogen-bond donors (Lipinski definition) is 0. The molecule has 0 saturated carbocycles. The lowest BCUT2D eigenvalue weighted by Crippen LogP contribution is -1.95. The highest BCUT2D eigenvalue weighted by Crippen LogP contribution is 2.22. The summed E-state index contributed by atoms with van der Waals surface area (Å²) < 4.78 is 1.78. The van der Waals surface area contributed by atoms with Gasteiger partial charge in [-0.3, -0.25) is 19.3 Å². The molecule has 110 valence electrons. The molecule has 0 bridgehead atoms. The van der Waals surface area contributed by atoms with Gasteiger partial charge in [0.05, 0.1) is 10.6 Å². The zero-order valence-corrected chi connectivity index (χ0v) is 12.5.